The van der Waals surface area contributed by atoms with Crippen molar-refractivity contribution < 1.29 is 9.59 Å². The number of primary amides is 1. The summed E-state index contributed by atoms with van der Waals surface area (Å²) in [7, 11) is 0. The molecule has 0 aliphatic heterocycles. The van der Waals surface area contributed by atoms with Gasteiger partial charge in [0, 0.05) is 18.8 Å². The molecule has 0 spiro atoms. The summed E-state index contributed by atoms with van der Waals surface area (Å²) >= 11 is 0. The fourth-order valence-corrected chi connectivity index (χ4v) is 7.51. The minimum absolute atomic E-state index is 0.0726. The van der Waals surface area contributed by atoms with Crippen molar-refractivity contribution in [3.63, 3.8) is 0 Å². The summed E-state index contributed by atoms with van der Waals surface area (Å²) < 4.78 is 0. The van der Waals surface area contributed by atoms with Crippen molar-refractivity contribution in [3.05, 3.63) is 0 Å². The molecule has 1 amide bonds. The lowest BCUT2D eigenvalue weighted by Gasteiger charge is -2.60. The largest absolute Gasteiger partial charge is 0.369 e. The summed E-state index contributed by atoms with van der Waals surface area (Å²) in [6.45, 7) is 4.82. The third-order valence-corrected chi connectivity index (χ3v) is 8.83. The van der Waals surface area contributed by atoms with Crippen molar-refractivity contribution in [3.8, 4) is 0 Å². The van der Waals surface area contributed by atoms with E-state index < -0.39 is 0 Å². The molecule has 0 aromatic carbocycles. The summed E-state index contributed by atoms with van der Waals surface area (Å²) in [5, 5.41) is 0. The average Bonchev–Trinajstić information content (AvgIpc) is 2.85. The van der Waals surface area contributed by atoms with Gasteiger partial charge in [0.2, 0.25) is 5.91 Å². The summed E-state index contributed by atoms with van der Waals surface area (Å²) in [5.41, 5.74) is 6.23. The van der Waals surface area contributed by atoms with E-state index in [1.54, 1.807) is 0 Å². The smallest absolute Gasteiger partial charge is 0.221 e. The van der Waals surface area contributed by atoms with Crippen LogP contribution in [-0.2, 0) is 9.59 Å². The fourth-order valence-electron chi connectivity index (χ4n) is 7.51. The Balaban J connectivity index is 1.63. The first-order chi connectivity index (χ1) is 10.9. The van der Waals surface area contributed by atoms with Crippen LogP contribution >= 0.6 is 0 Å². The number of hydrogen-bond acceptors (Lipinski definition) is 2. The number of amides is 1. The molecule has 0 aromatic heterocycles. The quantitative estimate of drug-likeness (QED) is 0.801. The van der Waals surface area contributed by atoms with Crippen LogP contribution in [0.2, 0.25) is 0 Å². The Kier molecular flexibility index (Phi) is 3.45. The Morgan fingerprint density at radius 3 is 2.48 bits per heavy atom. The fraction of sp³-hybridized carbons (Fsp3) is 0.900. The first-order valence-corrected chi connectivity index (χ1v) is 9.67. The van der Waals surface area contributed by atoms with Crippen LogP contribution in [0.5, 0.6) is 0 Å². The van der Waals surface area contributed by atoms with E-state index in [1.807, 2.05) is 0 Å². The predicted molar refractivity (Wildman–Crippen MR) is 89.4 cm³/mol. The maximum atomic E-state index is 11.9. The van der Waals surface area contributed by atoms with Gasteiger partial charge in [-0.05, 0) is 79.4 Å². The molecule has 0 radical (unpaired) electrons. The zero-order valence-corrected chi connectivity index (χ0v) is 14.6. The molecule has 7 atom stereocenters. The molecule has 0 bridgehead atoms. The first kappa shape index (κ1) is 15.7. The van der Waals surface area contributed by atoms with Gasteiger partial charge in [-0.2, -0.15) is 0 Å². The molecule has 128 valence electrons. The van der Waals surface area contributed by atoms with Gasteiger partial charge in [-0.1, -0.05) is 13.8 Å². The number of carbonyl (C=O) groups is 2. The Bertz CT molecular complexity index is 544. The highest BCUT2D eigenvalue weighted by Crippen LogP contribution is 2.67. The number of ketones is 1. The van der Waals surface area contributed by atoms with Crippen LogP contribution in [0.1, 0.15) is 71.6 Å². The van der Waals surface area contributed by atoms with E-state index in [0.29, 0.717) is 23.0 Å². The monoisotopic (exact) mass is 317 g/mol. The number of carbonyl (C=O) groups excluding carboxylic acids is 2. The lowest BCUT2D eigenvalue weighted by molar-refractivity contribution is -0.143. The number of hydrogen-bond donors (Lipinski definition) is 1. The van der Waals surface area contributed by atoms with Gasteiger partial charge in [-0.3, -0.25) is 9.59 Å². The van der Waals surface area contributed by atoms with Crippen LogP contribution in [-0.4, -0.2) is 11.7 Å². The van der Waals surface area contributed by atoms with E-state index in [0.717, 1.165) is 43.9 Å². The molecule has 4 aliphatic carbocycles. The Morgan fingerprint density at radius 2 is 1.74 bits per heavy atom. The van der Waals surface area contributed by atoms with Crippen LogP contribution in [0.3, 0.4) is 0 Å². The number of rotatable bonds is 1. The van der Waals surface area contributed by atoms with Crippen molar-refractivity contribution in [2.75, 3.05) is 0 Å². The van der Waals surface area contributed by atoms with Gasteiger partial charge in [0.15, 0.2) is 0 Å². The molecule has 0 heterocycles. The SMILES string of the molecule is C[C@]12CCC(=O)C[C@@H]1CC[C@@H]1[C@@H]2CC[C@]2(C)[C@@H](C(N)=O)CC[C@@H]12. The lowest BCUT2D eigenvalue weighted by atomic mass is 9.45. The highest BCUT2D eigenvalue weighted by molar-refractivity contribution is 5.79. The maximum Gasteiger partial charge on any atom is 0.221 e. The molecule has 4 rings (SSSR count). The van der Waals surface area contributed by atoms with E-state index in [1.165, 1.54) is 25.7 Å². The third-order valence-electron chi connectivity index (χ3n) is 8.83. The summed E-state index contributed by atoms with van der Waals surface area (Å²) in [4.78, 5) is 23.9. The van der Waals surface area contributed by atoms with E-state index in [-0.39, 0.29) is 17.2 Å². The Hall–Kier alpha value is -0.860. The molecule has 0 aromatic rings. The number of Topliss-reactive ketones (excluding diaryl/α,β-unsaturated/α-hetero) is 1. The predicted octanol–water partition coefficient (Wildman–Crippen LogP) is 3.70. The molecular formula is C20H31NO2. The van der Waals surface area contributed by atoms with Crippen LogP contribution in [0.15, 0.2) is 0 Å². The second-order valence-electron chi connectivity index (χ2n) is 9.48. The first-order valence-electron chi connectivity index (χ1n) is 9.67. The third kappa shape index (κ3) is 2.07. The number of nitrogens with two attached hydrogens (primary N) is 1. The van der Waals surface area contributed by atoms with Crippen LogP contribution in [0.25, 0.3) is 0 Å². The zero-order valence-electron chi connectivity index (χ0n) is 14.6. The van der Waals surface area contributed by atoms with Crippen LogP contribution in [0, 0.1) is 40.4 Å². The standard InChI is InChI=1S/C20H31NO2/c1-19-9-7-13(22)11-12(19)3-4-14-15-5-6-17(18(21)23)20(15,2)10-8-16(14)19/h12,14-17H,3-11H2,1-2H3,(H2,21,23)/t12-,14-,15-,16-,17+,19-,20-/m0/s1. The van der Waals surface area contributed by atoms with Gasteiger partial charge in [0.1, 0.15) is 5.78 Å². The van der Waals surface area contributed by atoms with Crippen LogP contribution < -0.4 is 5.73 Å². The van der Waals surface area contributed by atoms with Crippen LogP contribution in [0.4, 0.5) is 0 Å². The summed E-state index contributed by atoms with van der Waals surface area (Å²) in [5.74, 6) is 3.31. The van der Waals surface area contributed by atoms with Gasteiger partial charge in [-0.25, -0.2) is 0 Å². The van der Waals surface area contributed by atoms with Crippen molar-refractivity contribution in [1.82, 2.24) is 0 Å². The second-order valence-corrected chi connectivity index (χ2v) is 9.48. The van der Waals surface area contributed by atoms with E-state index in [9.17, 15) is 9.59 Å². The van der Waals surface area contributed by atoms with Gasteiger partial charge in [-0.15, -0.1) is 0 Å². The van der Waals surface area contributed by atoms with Gasteiger partial charge in [0.25, 0.3) is 0 Å². The van der Waals surface area contributed by atoms with E-state index in [4.69, 9.17) is 5.73 Å². The normalized spacial score (nSPS) is 52.4. The highest BCUT2D eigenvalue weighted by atomic mass is 16.1. The topological polar surface area (TPSA) is 60.2 Å². The van der Waals surface area contributed by atoms with Crippen molar-refractivity contribution in [2.24, 2.45) is 46.2 Å². The molecular weight excluding hydrogens is 286 g/mol. The van der Waals surface area contributed by atoms with Crippen molar-refractivity contribution >= 4 is 11.7 Å². The molecule has 4 fully saturated rings. The second kappa shape index (κ2) is 5.07. The maximum absolute atomic E-state index is 11.9. The van der Waals surface area contributed by atoms with Crippen molar-refractivity contribution in [2.45, 2.75) is 71.6 Å². The highest BCUT2D eigenvalue weighted by Gasteiger charge is 2.60. The molecule has 23 heavy (non-hydrogen) atoms. The molecule has 2 N–H and O–H groups in total. The molecule has 0 saturated heterocycles. The molecule has 0 unspecified atom stereocenters. The lowest BCUT2D eigenvalue weighted by Crippen LogP contribution is -2.54. The minimum Gasteiger partial charge on any atom is -0.369 e. The minimum atomic E-state index is -0.0726. The Morgan fingerprint density at radius 1 is 1.00 bits per heavy atom. The molecule has 4 saturated carbocycles. The van der Waals surface area contributed by atoms with E-state index >= 15 is 0 Å². The zero-order chi connectivity index (χ0) is 16.4. The average molecular weight is 317 g/mol. The number of fused-ring (bicyclic) bond motifs is 5. The van der Waals surface area contributed by atoms with Crippen molar-refractivity contribution in [1.29, 1.82) is 0 Å². The summed E-state index contributed by atoms with van der Waals surface area (Å²) in [6, 6.07) is 0. The molecule has 3 heteroatoms. The Labute approximate surface area is 139 Å². The summed E-state index contributed by atoms with van der Waals surface area (Å²) in [6.07, 6.45) is 9.78. The van der Waals surface area contributed by atoms with Gasteiger partial charge in [0.05, 0.1) is 0 Å². The molecule has 3 nitrogen and oxygen atoms in total. The van der Waals surface area contributed by atoms with Gasteiger partial charge < -0.3 is 5.73 Å². The van der Waals surface area contributed by atoms with Gasteiger partial charge >= 0.3 is 0 Å². The van der Waals surface area contributed by atoms with E-state index in [2.05, 4.69) is 13.8 Å². The molecule has 4 aliphatic rings.